The van der Waals surface area contributed by atoms with Crippen LogP contribution in [0.25, 0.3) is 0 Å². The zero-order valence-electron chi connectivity index (χ0n) is 15.3. The number of anilines is 1. The van der Waals surface area contributed by atoms with E-state index in [2.05, 4.69) is 0 Å². The van der Waals surface area contributed by atoms with Gasteiger partial charge in [0.2, 0.25) is 0 Å². The van der Waals surface area contributed by atoms with Gasteiger partial charge in [-0.1, -0.05) is 0 Å². The van der Waals surface area contributed by atoms with E-state index in [0.29, 0.717) is 28.5 Å². The Morgan fingerprint density at radius 1 is 0.793 bits per heavy atom. The minimum atomic E-state index is -1.03. The van der Waals surface area contributed by atoms with Gasteiger partial charge in [0.05, 0.1) is 29.5 Å². The van der Waals surface area contributed by atoms with Gasteiger partial charge in [-0.2, -0.15) is 0 Å². The Labute approximate surface area is 165 Å². The van der Waals surface area contributed by atoms with Crippen LogP contribution in [0.1, 0.15) is 31.1 Å². The first-order valence-electron chi connectivity index (χ1n) is 8.66. The average Bonchev–Trinajstić information content (AvgIpc) is 2.98. The highest BCUT2D eigenvalue weighted by atomic mass is 16.5. The second kappa shape index (κ2) is 7.12. The van der Waals surface area contributed by atoms with Crippen molar-refractivity contribution in [3.8, 4) is 17.2 Å². The van der Waals surface area contributed by atoms with Crippen LogP contribution in [0.2, 0.25) is 0 Å². The van der Waals surface area contributed by atoms with Crippen molar-refractivity contribution in [2.75, 3.05) is 12.0 Å². The normalized spacial score (nSPS) is 12.7. The lowest BCUT2D eigenvalue weighted by Crippen LogP contribution is -2.29. The monoisotopic (exact) mass is 389 g/mol. The summed E-state index contributed by atoms with van der Waals surface area (Å²) in [4.78, 5) is 37.6. The molecule has 7 nitrogen and oxygen atoms in total. The molecule has 0 aromatic heterocycles. The molecular weight excluding hydrogens is 374 g/mol. The summed E-state index contributed by atoms with van der Waals surface area (Å²) in [5.41, 5.74) is 1.12. The third-order valence-electron chi connectivity index (χ3n) is 4.53. The number of carbonyl (C=O) groups excluding carboxylic acids is 2. The molecule has 1 heterocycles. The smallest absolute Gasteiger partial charge is 0.335 e. The van der Waals surface area contributed by atoms with Gasteiger partial charge in [0.1, 0.15) is 17.2 Å². The number of fused-ring (bicyclic) bond motifs is 1. The summed E-state index contributed by atoms with van der Waals surface area (Å²) in [6, 6.07) is 17.2. The number of aromatic carboxylic acids is 1. The van der Waals surface area contributed by atoms with Gasteiger partial charge in [0, 0.05) is 0 Å². The molecule has 144 valence electrons. The third kappa shape index (κ3) is 3.29. The number of nitrogens with zero attached hydrogens (tertiary/aromatic N) is 1. The molecule has 7 heteroatoms. The van der Waals surface area contributed by atoms with Crippen molar-refractivity contribution in [2.45, 2.75) is 0 Å². The molecule has 1 aliphatic heterocycles. The van der Waals surface area contributed by atoms with Crippen LogP contribution in [0.15, 0.2) is 66.7 Å². The summed E-state index contributed by atoms with van der Waals surface area (Å²) >= 11 is 0. The van der Waals surface area contributed by atoms with Crippen LogP contribution in [-0.4, -0.2) is 30.0 Å². The predicted octanol–water partition coefficient (Wildman–Crippen LogP) is 3.99. The van der Waals surface area contributed by atoms with Crippen LogP contribution >= 0.6 is 0 Å². The first-order chi connectivity index (χ1) is 14.0. The number of hydrogen-bond acceptors (Lipinski definition) is 5. The fourth-order valence-corrected chi connectivity index (χ4v) is 3.05. The number of benzene rings is 3. The molecule has 0 aliphatic carbocycles. The third-order valence-corrected chi connectivity index (χ3v) is 4.53. The summed E-state index contributed by atoms with van der Waals surface area (Å²) in [6.45, 7) is 0. The van der Waals surface area contributed by atoms with E-state index in [1.54, 1.807) is 36.4 Å². The number of methoxy groups -OCH3 is 1. The molecule has 0 saturated heterocycles. The summed E-state index contributed by atoms with van der Waals surface area (Å²) in [6.07, 6.45) is 0. The van der Waals surface area contributed by atoms with Gasteiger partial charge in [-0.3, -0.25) is 9.59 Å². The number of ether oxygens (including phenoxy) is 2. The van der Waals surface area contributed by atoms with E-state index < -0.39 is 17.8 Å². The van der Waals surface area contributed by atoms with Crippen molar-refractivity contribution < 1.29 is 29.0 Å². The highest BCUT2D eigenvalue weighted by Gasteiger charge is 2.37. The molecule has 0 saturated carbocycles. The molecule has 0 unspecified atom stereocenters. The largest absolute Gasteiger partial charge is 0.497 e. The van der Waals surface area contributed by atoms with Gasteiger partial charge in [0.25, 0.3) is 11.8 Å². The lowest BCUT2D eigenvalue weighted by molar-refractivity contribution is 0.0696. The highest BCUT2D eigenvalue weighted by molar-refractivity contribution is 6.34. The number of rotatable bonds is 5. The molecule has 29 heavy (non-hydrogen) atoms. The predicted molar refractivity (Wildman–Crippen MR) is 104 cm³/mol. The Balaban J connectivity index is 1.60. The maximum absolute atomic E-state index is 12.8. The molecule has 4 rings (SSSR count). The first kappa shape index (κ1) is 18.2. The molecule has 1 aliphatic rings. The van der Waals surface area contributed by atoms with E-state index in [4.69, 9.17) is 14.6 Å². The van der Waals surface area contributed by atoms with Crippen molar-refractivity contribution in [2.24, 2.45) is 0 Å². The van der Waals surface area contributed by atoms with E-state index in [-0.39, 0.29) is 11.1 Å². The summed E-state index contributed by atoms with van der Waals surface area (Å²) < 4.78 is 10.8. The molecule has 1 N–H and O–H groups in total. The Bertz CT molecular complexity index is 1120. The number of imide groups is 1. The minimum absolute atomic E-state index is 0.141. The Morgan fingerprint density at radius 2 is 1.38 bits per heavy atom. The average molecular weight is 389 g/mol. The Hall–Kier alpha value is -4.13. The van der Waals surface area contributed by atoms with Gasteiger partial charge >= 0.3 is 5.97 Å². The SMILES string of the molecule is COc1ccc(N2C(=O)c3ccc(Oc4ccc(C(=O)O)cc4)cc3C2=O)cc1. The lowest BCUT2D eigenvalue weighted by Gasteiger charge is -2.14. The van der Waals surface area contributed by atoms with E-state index in [9.17, 15) is 14.4 Å². The fourth-order valence-electron chi connectivity index (χ4n) is 3.05. The van der Waals surface area contributed by atoms with Crippen molar-refractivity contribution >= 4 is 23.5 Å². The van der Waals surface area contributed by atoms with Gasteiger partial charge < -0.3 is 14.6 Å². The molecule has 0 spiro atoms. The summed E-state index contributed by atoms with van der Waals surface area (Å²) in [5.74, 6) is -0.482. The van der Waals surface area contributed by atoms with Crippen LogP contribution in [-0.2, 0) is 0 Å². The quantitative estimate of drug-likeness (QED) is 0.664. The highest BCUT2D eigenvalue weighted by Crippen LogP contribution is 2.33. The van der Waals surface area contributed by atoms with Gasteiger partial charge in [-0.05, 0) is 66.7 Å². The standard InChI is InChI=1S/C22H15NO6/c1-28-15-8-4-14(5-9-15)23-20(24)18-11-10-17(12-19(18)21(23)25)29-16-6-2-13(3-7-16)22(26)27/h2-12H,1H3,(H,26,27). The van der Waals surface area contributed by atoms with Gasteiger partial charge in [-0.25, -0.2) is 9.69 Å². The maximum atomic E-state index is 12.8. The molecule has 3 aromatic rings. The molecule has 0 bridgehead atoms. The van der Waals surface area contributed by atoms with E-state index >= 15 is 0 Å². The van der Waals surface area contributed by atoms with Gasteiger partial charge in [0.15, 0.2) is 0 Å². The van der Waals surface area contributed by atoms with Crippen molar-refractivity contribution in [1.82, 2.24) is 0 Å². The molecule has 3 aromatic carbocycles. The van der Waals surface area contributed by atoms with E-state index in [1.165, 1.54) is 37.4 Å². The van der Waals surface area contributed by atoms with Crippen LogP contribution in [0.5, 0.6) is 17.2 Å². The van der Waals surface area contributed by atoms with Crippen molar-refractivity contribution in [1.29, 1.82) is 0 Å². The van der Waals surface area contributed by atoms with Crippen LogP contribution < -0.4 is 14.4 Å². The summed E-state index contributed by atoms with van der Waals surface area (Å²) in [7, 11) is 1.54. The van der Waals surface area contributed by atoms with Crippen LogP contribution in [0.3, 0.4) is 0 Å². The van der Waals surface area contributed by atoms with Crippen molar-refractivity contribution in [3.05, 3.63) is 83.4 Å². The number of amides is 2. The van der Waals surface area contributed by atoms with Crippen LogP contribution in [0, 0.1) is 0 Å². The second-order valence-corrected chi connectivity index (χ2v) is 6.28. The van der Waals surface area contributed by atoms with E-state index in [0.717, 1.165) is 4.90 Å². The lowest BCUT2D eigenvalue weighted by atomic mass is 10.1. The van der Waals surface area contributed by atoms with Crippen molar-refractivity contribution in [3.63, 3.8) is 0 Å². The zero-order valence-corrected chi connectivity index (χ0v) is 15.3. The summed E-state index contributed by atoms with van der Waals surface area (Å²) in [5, 5.41) is 8.95. The number of carboxylic acid groups (broad SMARTS) is 1. The van der Waals surface area contributed by atoms with E-state index in [1.807, 2.05) is 0 Å². The Morgan fingerprint density at radius 3 is 2.00 bits per heavy atom. The minimum Gasteiger partial charge on any atom is -0.497 e. The topological polar surface area (TPSA) is 93.1 Å². The molecule has 0 radical (unpaired) electrons. The molecular formula is C22H15NO6. The fraction of sp³-hybridized carbons (Fsp3) is 0.0455. The second-order valence-electron chi connectivity index (χ2n) is 6.28. The number of carbonyl (C=O) groups is 3. The van der Waals surface area contributed by atoms with Gasteiger partial charge in [-0.15, -0.1) is 0 Å². The molecule has 0 atom stereocenters. The molecule has 2 amide bonds. The first-order valence-corrected chi connectivity index (χ1v) is 8.66. The maximum Gasteiger partial charge on any atom is 0.335 e. The Kier molecular flexibility index (Phi) is 4.48. The zero-order chi connectivity index (χ0) is 20.5. The number of hydrogen-bond donors (Lipinski definition) is 1. The molecule has 0 fully saturated rings. The number of carboxylic acids is 1. The van der Waals surface area contributed by atoms with Crippen LogP contribution in [0.4, 0.5) is 5.69 Å².